The number of para-hydroxylation sites is 1. The summed E-state index contributed by atoms with van der Waals surface area (Å²) in [6, 6.07) is 15.3. The average Bonchev–Trinajstić information content (AvgIpc) is 2.54. The van der Waals surface area contributed by atoms with E-state index in [1.807, 2.05) is 36.4 Å². The van der Waals surface area contributed by atoms with Crippen molar-refractivity contribution in [2.45, 2.75) is 31.6 Å². The first-order valence-electron chi connectivity index (χ1n) is 7.40. The van der Waals surface area contributed by atoms with Crippen LogP contribution in [0.3, 0.4) is 0 Å². The third-order valence-corrected chi connectivity index (χ3v) is 5.90. The second kappa shape index (κ2) is 8.57. The van der Waals surface area contributed by atoms with Crippen LogP contribution in [0, 0.1) is 10.1 Å². The second-order valence-corrected chi connectivity index (χ2v) is 7.26. The van der Waals surface area contributed by atoms with Gasteiger partial charge in [-0.1, -0.05) is 0 Å². The number of anilines is 1. The van der Waals surface area contributed by atoms with Crippen molar-refractivity contribution in [3.63, 3.8) is 0 Å². The van der Waals surface area contributed by atoms with Crippen LogP contribution in [0.5, 0.6) is 0 Å². The van der Waals surface area contributed by atoms with Crippen LogP contribution in [0.25, 0.3) is 0 Å². The molecule has 2 rings (SSSR count). The molecule has 4 nitrogen and oxygen atoms in total. The van der Waals surface area contributed by atoms with Crippen molar-refractivity contribution >= 4 is 30.8 Å². The summed E-state index contributed by atoms with van der Waals surface area (Å²) in [4.78, 5) is 11.0. The summed E-state index contributed by atoms with van der Waals surface area (Å²) < 4.78 is 0.928. The van der Waals surface area contributed by atoms with Crippen LogP contribution >= 0.6 is 0 Å². The predicted octanol–water partition coefficient (Wildman–Crippen LogP) is 3.75. The Morgan fingerprint density at radius 1 is 1.14 bits per heavy atom. The maximum absolute atomic E-state index is 11.3. The number of nitro groups is 1. The van der Waals surface area contributed by atoms with Crippen molar-refractivity contribution < 1.29 is 4.92 Å². The molecule has 0 spiro atoms. The molecule has 0 heterocycles. The molecule has 2 aromatic carbocycles. The fraction of sp³-hybridized carbons (Fsp3) is 0.294. The predicted molar refractivity (Wildman–Crippen MR) is 92.0 cm³/mol. The van der Waals surface area contributed by atoms with E-state index in [4.69, 9.17) is 0 Å². The van der Waals surface area contributed by atoms with E-state index < -0.39 is 0 Å². The monoisotopic (exact) mass is 364 g/mol. The van der Waals surface area contributed by atoms with Gasteiger partial charge in [0.2, 0.25) is 0 Å². The number of rotatable bonds is 8. The van der Waals surface area contributed by atoms with Crippen molar-refractivity contribution in [1.29, 1.82) is 0 Å². The zero-order valence-corrected chi connectivity index (χ0v) is 14.3. The molecule has 0 unspecified atom stereocenters. The molecule has 0 atom stereocenters. The Kier molecular flexibility index (Phi) is 6.44. The molecule has 1 N–H and O–H groups in total. The molecule has 2 aromatic rings. The molecule has 116 valence electrons. The normalized spacial score (nSPS) is 10.4. The zero-order valence-electron chi connectivity index (χ0n) is 12.6. The summed E-state index contributed by atoms with van der Waals surface area (Å²) in [7, 11) is 0. The van der Waals surface area contributed by atoms with Gasteiger partial charge >= 0.3 is 137 Å². The molecule has 0 saturated carbocycles. The van der Waals surface area contributed by atoms with Gasteiger partial charge < -0.3 is 0 Å². The van der Waals surface area contributed by atoms with E-state index in [1.54, 1.807) is 12.1 Å². The third kappa shape index (κ3) is 4.58. The Bertz CT molecular complexity index is 617. The van der Waals surface area contributed by atoms with Crippen LogP contribution in [-0.2, 0) is 6.54 Å². The summed E-state index contributed by atoms with van der Waals surface area (Å²) in [6.07, 6.45) is 2.25. The standard InChI is InChI=1S/C17H20N2O2Se/c1-2-3-12-22-17-14(8-7-11-16(17)19(20)21)13-18-15-9-5-4-6-10-15/h4-11,18H,2-3,12-13H2,1H3. The summed E-state index contributed by atoms with van der Waals surface area (Å²) in [6.45, 7) is 2.77. The first-order valence-corrected chi connectivity index (χ1v) is 9.47. The Hall–Kier alpha value is -1.84. The van der Waals surface area contributed by atoms with Crippen LogP contribution < -0.4 is 9.78 Å². The minimum absolute atomic E-state index is 0.146. The van der Waals surface area contributed by atoms with E-state index in [0.717, 1.165) is 33.9 Å². The Morgan fingerprint density at radius 3 is 2.59 bits per heavy atom. The van der Waals surface area contributed by atoms with Crippen LogP contribution in [0.2, 0.25) is 5.32 Å². The van der Waals surface area contributed by atoms with Crippen LogP contribution in [0.1, 0.15) is 25.3 Å². The van der Waals surface area contributed by atoms with Gasteiger partial charge in [-0.3, -0.25) is 0 Å². The zero-order chi connectivity index (χ0) is 15.8. The molecular formula is C17H20N2O2Se. The van der Waals surface area contributed by atoms with E-state index in [1.165, 1.54) is 0 Å². The quantitative estimate of drug-likeness (QED) is 0.336. The van der Waals surface area contributed by atoms with Crippen molar-refractivity contribution in [2.24, 2.45) is 0 Å². The molecule has 0 amide bonds. The van der Waals surface area contributed by atoms with Crippen molar-refractivity contribution in [2.75, 3.05) is 5.32 Å². The van der Waals surface area contributed by atoms with Crippen molar-refractivity contribution in [3.8, 4) is 0 Å². The van der Waals surface area contributed by atoms with E-state index in [2.05, 4.69) is 12.2 Å². The molecule has 5 heteroatoms. The second-order valence-electron chi connectivity index (χ2n) is 4.94. The van der Waals surface area contributed by atoms with Gasteiger partial charge in [0.15, 0.2) is 0 Å². The van der Waals surface area contributed by atoms with Gasteiger partial charge in [0.1, 0.15) is 0 Å². The molecule has 0 fully saturated rings. The number of hydrogen-bond acceptors (Lipinski definition) is 3. The molecule has 0 aliphatic carbocycles. The summed E-state index contributed by atoms with van der Waals surface area (Å²) in [5.74, 6) is 0. The van der Waals surface area contributed by atoms with E-state index in [9.17, 15) is 10.1 Å². The van der Waals surface area contributed by atoms with Crippen LogP contribution in [0.4, 0.5) is 11.4 Å². The van der Waals surface area contributed by atoms with Gasteiger partial charge in [-0.15, -0.1) is 0 Å². The number of benzene rings is 2. The van der Waals surface area contributed by atoms with E-state index in [-0.39, 0.29) is 25.6 Å². The Labute approximate surface area is 137 Å². The summed E-state index contributed by atoms with van der Waals surface area (Å²) in [5.41, 5.74) is 2.33. The fourth-order valence-electron chi connectivity index (χ4n) is 2.09. The van der Waals surface area contributed by atoms with Crippen LogP contribution in [-0.4, -0.2) is 19.9 Å². The van der Waals surface area contributed by atoms with Crippen molar-refractivity contribution in [1.82, 2.24) is 0 Å². The van der Waals surface area contributed by atoms with E-state index >= 15 is 0 Å². The number of nitro benzene ring substituents is 1. The third-order valence-electron chi connectivity index (χ3n) is 3.27. The van der Waals surface area contributed by atoms with Gasteiger partial charge in [-0.05, 0) is 0 Å². The molecule has 0 aromatic heterocycles. The van der Waals surface area contributed by atoms with Gasteiger partial charge in [-0.2, -0.15) is 0 Å². The Balaban J connectivity index is 2.17. The van der Waals surface area contributed by atoms with Gasteiger partial charge in [0.25, 0.3) is 0 Å². The number of hydrogen-bond donors (Lipinski definition) is 1. The Morgan fingerprint density at radius 2 is 1.91 bits per heavy atom. The van der Waals surface area contributed by atoms with Gasteiger partial charge in [0.05, 0.1) is 0 Å². The molecule has 0 radical (unpaired) electrons. The first kappa shape index (κ1) is 16.5. The first-order chi connectivity index (χ1) is 10.7. The number of nitrogens with zero attached hydrogens (tertiary/aromatic N) is 1. The summed E-state index contributed by atoms with van der Waals surface area (Å²) in [5, 5.41) is 15.7. The molecule has 22 heavy (non-hydrogen) atoms. The molecular weight excluding hydrogens is 343 g/mol. The van der Waals surface area contributed by atoms with Crippen molar-refractivity contribution in [3.05, 3.63) is 64.2 Å². The average molecular weight is 363 g/mol. The van der Waals surface area contributed by atoms with Crippen LogP contribution in [0.15, 0.2) is 48.5 Å². The SMILES string of the molecule is CCCC[Se]c1c(CNc2ccccc2)cccc1[N+](=O)[O-]. The number of nitrogens with one attached hydrogen (secondary N) is 1. The molecule has 0 aliphatic rings. The maximum atomic E-state index is 11.3. The van der Waals surface area contributed by atoms with E-state index in [0.29, 0.717) is 6.54 Å². The summed E-state index contributed by atoms with van der Waals surface area (Å²) >= 11 is 0.146. The fourth-order valence-corrected chi connectivity index (χ4v) is 4.72. The van der Waals surface area contributed by atoms with Gasteiger partial charge in [-0.25, -0.2) is 0 Å². The minimum atomic E-state index is -0.255. The molecule has 0 saturated heterocycles. The van der Waals surface area contributed by atoms with Gasteiger partial charge in [0, 0.05) is 0 Å². The molecule has 0 aliphatic heterocycles. The molecule has 0 bridgehead atoms. The number of unbranched alkanes of at least 4 members (excludes halogenated alkanes) is 1. The topological polar surface area (TPSA) is 55.2 Å².